The Morgan fingerprint density at radius 2 is 2.13 bits per heavy atom. The second-order valence-electron chi connectivity index (χ2n) is 5.73. The van der Waals surface area contributed by atoms with E-state index in [2.05, 4.69) is 27.9 Å². The van der Waals surface area contributed by atoms with Gasteiger partial charge in [0.05, 0.1) is 18.8 Å². The van der Waals surface area contributed by atoms with Crippen LogP contribution in [0, 0.1) is 0 Å². The molecule has 0 aliphatic carbocycles. The van der Waals surface area contributed by atoms with Gasteiger partial charge in [-0.2, -0.15) is 5.10 Å². The number of hydrogen-bond donors (Lipinski definition) is 2. The molecule has 0 unspecified atom stereocenters. The number of hydrogen-bond acceptors (Lipinski definition) is 3. The van der Waals surface area contributed by atoms with Crippen LogP contribution in [0.1, 0.15) is 24.0 Å². The first-order valence-corrected chi connectivity index (χ1v) is 7.98. The van der Waals surface area contributed by atoms with Crippen molar-refractivity contribution in [2.45, 2.75) is 32.0 Å². The lowest BCUT2D eigenvalue weighted by Crippen LogP contribution is -2.39. The summed E-state index contributed by atoms with van der Waals surface area (Å²) in [6, 6.07) is 9.99. The Balaban J connectivity index is 1.41. The van der Waals surface area contributed by atoms with Gasteiger partial charge in [-0.1, -0.05) is 30.3 Å². The van der Waals surface area contributed by atoms with Gasteiger partial charge in [0.2, 0.25) is 0 Å². The Bertz CT molecular complexity index is 621. The summed E-state index contributed by atoms with van der Waals surface area (Å²) >= 11 is 0. The summed E-state index contributed by atoms with van der Waals surface area (Å²) in [7, 11) is 0. The highest BCUT2D eigenvalue weighted by Gasteiger charge is 2.15. The first-order valence-electron chi connectivity index (χ1n) is 7.98. The number of nitrogens with zero attached hydrogens (tertiary/aromatic N) is 2. The third-order valence-corrected chi connectivity index (χ3v) is 3.84. The predicted octanol–water partition coefficient (Wildman–Crippen LogP) is 1.91. The van der Waals surface area contributed by atoms with E-state index in [9.17, 15) is 4.79 Å². The third-order valence-electron chi connectivity index (χ3n) is 3.84. The molecule has 2 N–H and O–H groups in total. The molecule has 3 rings (SSSR count). The third kappa shape index (κ3) is 4.82. The van der Waals surface area contributed by atoms with E-state index in [4.69, 9.17) is 4.74 Å². The van der Waals surface area contributed by atoms with Crippen molar-refractivity contribution in [2.24, 2.45) is 0 Å². The smallest absolute Gasteiger partial charge is 0.315 e. The molecule has 1 aliphatic rings. The fraction of sp³-hybridized carbons (Fsp3) is 0.412. The second-order valence-corrected chi connectivity index (χ2v) is 5.73. The molecule has 0 saturated carbocycles. The highest BCUT2D eigenvalue weighted by Crippen LogP contribution is 2.10. The summed E-state index contributed by atoms with van der Waals surface area (Å²) in [5.41, 5.74) is 2.18. The van der Waals surface area contributed by atoms with Crippen LogP contribution in [-0.4, -0.2) is 35.1 Å². The van der Waals surface area contributed by atoms with E-state index in [1.807, 2.05) is 29.1 Å². The van der Waals surface area contributed by atoms with E-state index in [0.717, 1.165) is 31.6 Å². The standard InChI is InChI=1S/C17H22N4O2/c22-17(19-11-16-7-4-8-23-16)18-9-15-10-20-21(13-15)12-14-5-2-1-3-6-14/h1-3,5-6,10,13,16H,4,7-9,11-12H2,(H2,18,19,22)/t16-/m1/s1. The Morgan fingerprint density at radius 1 is 1.26 bits per heavy atom. The van der Waals surface area contributed by atoms with Crippen LogP contribution in [0.3, 0.4) is 0 Å². The molecule has 0 radical (unpaired) electrons. The molecule has 0 bridgehead atoms. The number of aromatic nitrogens is 2. The molecule has 2 aromatic rings. The summed E-state index contributed by atoms with van der Waals surface area (Å²) in [6.45, 7) is 2.56. The average Bonchev–Trinajstić information content (AvgIpc) is 3.24. The monoisotopic (exact) mass is 314 g/mol. The molecule has 1 aromatic heterocycles. The van der Waals surface area contributed by atoms with E-state index in [-0.39, 0.29) is 12.1 Å². The lowest BCUT2D eigenvalue weighted by molar-refractivity contribution is 0.111. The Labute approximate surface area is 135 Å². The SMILES string of the molecule is O=C(NCc1cnn(Cc2ccccc2)c1)NC[C@H]1CCCO1. The first-order chi connectivity index (χ1) is 11.3. The van der Waals surface area contributed by atoms with Crippen LogP contribution in [0.25, 0.3) is 0 Å². The van der Waals surface area contributed by atoms with Gasteiger partial charge >= 0.3 is 6.03 Å². The number of nitrogens with one attached hydrogen (secondary N) is 2. The quantitative estimate of drug-likeness (QED) is 0.856. The highest BCUT2D eigenvalue weighted by molar-refractivity contribution is 5.73. The van der Waals surface area contributed by atoms with Gasteiger partial charge in [0.15, 0.2) is 0 Å². The van der Waals surface area contributed by atoms with Gasteiger partial charge in [0, 0.05) is 31.5 Å². The highest BCUT2D eigenvalue weighted by atomic mass is 16.5. The molecule has 2 heterocycles. The van der Waals surface area contributed by atoms with Crippen LogP contribution in [0.4, 0.5) is 4.79 Å². The van der Waals surface area contributed by atoms with Gasteiger partial charge < -0.3 is 15.4 Å². The molecular formula is C17H22N4O2. The summed E-state index contributed by atoms with van der Waals surface area (Å²) in [5, 5.41) is 10.0. The van der Waals surface area contributed by atoms with E-state index < -0.39 is 0 Å². The number of carbonyl (C=O) groups is 1. The van der Waals surface area contributed by atoms with E-state index >= 15 is 0 Å². The molecule has 23 heavy (non-hydrogen) atoms. The Kier molecular flexibility index (Phi) is 5.26. The molecule has 2 amide bonds. The van der Waals surface area contributed by atoms with Crippen molar-refractivity contribution in [1.82, 2.24) is 20.4 Å². The molecule has 6 nitrogen and oxygen atoms in total. The first kappa shape index (κ1) is 15.6. The van der Waals surface area contributed by atoms with Crippen LogP contribution < -0.4 is 10.6 Å². The molecule has 1 aliphatic heterocycles. The number of carbonyl (C=O) groups excluding carboxylic acids is 1. The zero-order chi connectivity index (χ0) is 15.9. The molecular weight excluding hydrogens is 292 g/mol. The van der Waals surface area contributed by atoms with Crippen LogP contribution in [0.5, 0.6) is 0 Å². The predicted molar refractivity (Wildman–Crippen MR) is 87.0 cm³/mol. The topological polar surface area (TPSA) is 68.2 Å². The van der Waals surface area contributed by atoms with Gasteiger partial charge in [-0.3, -0.25) is 4.68 Å². The average molecular weight is 314 g/mol. The number of ether oxygens (including phenoxy) is 1. The van der Waals surface area contributed by atoms with E-state index in [1.54, 1.807) is 6.20 Å². The van der Waals surface area contributed by atoms with Gasteiger partial charge in [-0.05, 0) is 18.4 Å². The van der Waals surface area contributed by atoms with Gasteiger partial charge in [-0.15, -0.1) is 0 Å². The van der Waals surface area contributed by atoms with Crippen molar-refractivity contribution in [1.29, 1.82) is 0 Å². The lowest BCUT2D eigenvalue weighted by Gasteiger charge is -2.11. The zero-order valence-corrected chi connectivity index (χ0v) is 13.1. The molecule has 1 saturated heterocycles. The molecule has 6 heteroatoms. The maximum atomic E-state index is 11.8. The second kappa shape index (κ2) is 7.78. The number of benzene rings is 1. The fourth-order valence-corrected chi connectivity index (χ4v) is 2.61. The minimum Gasteiger partial charge on any atom is -0.376 e. The summed E-state index contributed by atoms with van der Waals surface area (Å²) in [4.78, 5) is 11.8. The minimum atomic E-state index is -0.170. The fourth-order valence-electron chi connectivity index (χ4n) is 2.61. The van der Waals surface area contributed by atoms with Crippen molar-refractivity contribution < 1.29 is 9.53 Å². The molecule has 1 atom stereocenters. The number of urea groups is 1. The van der Waals surface area contributed by atoms with Crippen molar-refractivity contribution >= 4 is 6.03 Å². The molecule has 122 valence electrons. The normalized spacial score (nSPS) is 17.1. The lowest BCUT2D eigenvalue weighted by atomic mass is 10.2. The van der Waals surface area contributed by atoms with Crippen LogP contribution in [-0.2, 0) is 17.8 Å². The van der Waals surface area contributed by atoms with E-state index in [0.29, 0.717) is 13.1 Å². The van der Waals surface area contributed by atoms with Gasteiger partial charge in [0.1, 0.15) is 0 Å². The van der Waals surface area contributed by atoms with Gasteiger partial charge in [0.25, 0.3) is 0 Å². The number of rotatable bonds is 6. The maximum Gasteiger partial charge on any atom is 0.315 e. The summed E-state index contributed by atoms with van der Waals surface area (Å²) < 4.78 is 7.34. The Hall–Kier alpha value is -2.34. The van der Waals surface area contributed by atoms with Crippen molar-refractivity contribution in [3.8, 4) is 0 Å². The van der Waals surface area contributed by atoms with Crippen molar-refractivity contribution in [3.63, 3.8) is 0 Å². The van der Waals surface area contributed by atoms with Crippen LogP contribution in [0.15, 0.2) is 42.7 Å². The molecule has 1 fully saturated rings. The molecule has 0 spiro atoms. The number of amides is 2. The summed E-state index contributed by atoms with van der Waals surface area (Å²) in [5.74, 6) is 0. The van der Waals surface area contributed by atoms with Crippen LogP contribution in [0.2, 0.25) is 0 Å². The van der Waals surface area contributed by atoms with E-state index in [1.165, 1.54) is 5.56 Å². The molecule has 1 aromatic carbocycles. The van der Waals surface area contributed by atoms with Crippen molar-refractivity contribution in [3.05, 3.63) is 53.9 Å². The zero-order valence-electron chi connectivity index (χ0n) is 13.1. The van der Waals surface area contributed by atoms with Crippen molar-refractivity contribution in [2.75, 3.05) is 13.2 Å². The summed E-state index contributed by atoms with van der Waals surface area (Å²) in [6.07, 6.45) is 5.99. The minimum absolute atomic E-state index is 0.161. The largest absolute Gasteiger partial charge is 0.376 e. The Morgan fingerprint density at radius 3 is 2.91 bits per heavy atom. The van der Waals surface area contributed by atoms with Crippen LogP contribution >= 0.6 is 0 Å². The maximum absolute atomic E-state index is 11.8. The van der Waals surface area contributed by atoms with Gasteiger partial charge in [-0.25, -0.2) is 4.79 Å².